The summed E-state index contributed by atoms with van der Waals surface area (Å²) in [4.78, 5) is 15.3. The van der Waals surface area contributed by atoms with E-state index in [0.29, 0.717) is 10.8 Å². The smallest absolute Gasteiger partial charge is 0.270 e. The van der Waals surface area contributed by atoms with Gasteiger partial charge >= 0.3 is 0 Å². The zero-order valence-corrected chi connectivity index (χ0v) is 9.54. The fourth-order valence-electron chi connectivity index (χ4n) is 0.915. The summed E-state index contributed by atoms with van der Waals surface area (Å²) in [5, 5.41) is 14.0. The molecular formula is C9H15N3O2S. The van der Waals surface area contributed by atoms with Gasteiger partial charge in [-0.25, -0.2) is 4.98 Å². The molecule has 0 aliphatic heterocycles. The molecule has 0 aliphatic carbocycles. The van der Waals surface area contributed by atoms with E-state index in [2.05, 4.69) is 10.3 Å². The Morgan fingerprint density at radius 2 is 2.40 bits per heavy atom. The van der Waals surface area contributed by atoms with E-state index in [1.807, 2.05) is 13.8 Å². The molecule has 0 radical (unpaired) electrons. The van der Waals surface area contributed by atoms with Gasteiger partial charge in [-0.05, 0) is 5.92 Å². The number of amides is 1. The summed E-state index contributed by atoms with van der Waals surface area (Å²) < 4.78 is 0. The first-order chi connectivity index (χ1) is 7.00. The molecule has 1 aromatic heterocycles. The Bertz CT molecular complexity index is 338. The number of anilines is 1. The quantitative estimate of drug-likeness (QED) is 0.700. The van der Waals surface area contributed by atoms with Crippen molar-refractivity contribution in [3.63, 3.8) is 0 Å². The lowest BCUT2D eigenvalue weighted by molar-refractivity contribution is 0.0868. The number of nitrogens with two attached hydrogens (primary N) is 1. The number of carbonyl (C=O) groups is 1. The first kappa shape index (κ1) is 11.9. The van der Waals surface area contributed by atoms with E-state index < -0.39 is 6.10 Å². The van der Waals surface area contributed by atoms with E-state index in [1.165, 1.54) is 11.3 Å². The summed E-state index contributed by atoms with van der Waals surface area (Å²) in [6.07, 6.45) is -0.537. The van der Waals surface area contributed by atoms with Crippen LogP contribution in [0.25, 0.3) is 0 Å². The van der Waals surface area contributed by atoms with Crippen molar-refractivity contribution >= 4 is 22.4 Å². The zero-order valence-electron chi connectivity index (χ0n) is 8.73. The first-order valence-electron chi connectivity index (χ1n) is 4.68. The van der Waals surface area contributed by atoms with E-state index in [1.54, 1.807) is 5.38 Å². The van der Waals surface area contributed by atoms with Gasteiger partial charge in [0.05, 0.1) is 6.10 Å². The van der Waals surface area contributed by atoms with Gasteiger partial charge in [-0.3, -0.25) is 4.79 Å². The molecule has 84 valence electrons. The van der Waals surface area contributed by atoms with Crippen LogP contribution in [0.3, 0.4) is 0 Å². The van der Waals surface area contributed by atoms with E-state index in [9.17, 15) is 9.90 Å². The number of aliphatic hydroxyl groups excluding tert-OH is 1. The Balaban J connectivity index is 2.43. The minimum Gasteiger partial charge on any atom is -0.391 e. The van der Waals surface area contributed by atoms with Crippen molar-refractivity contribution in [3.8, 4) is 0 Å². The molecule has 0 saturated heterocycles. The number of nitrogens with one attached hydrogen (secondary N) is 1. The summed E-state index contributed by atoms with van der Waals surface area (Å²) in [6.45, 7) is 4.00. The Labute approximate surface area is 92.3 Å². The molecule has 1 amide bonds. The highest BCUT2D eigenvalue weighted by Crippen LogP contribution is 2.10. The van der Waals surface area contributed by atoms with Gasteiger partial charge in [0.2, 0.25) is 0 Å². The molecule has 1 unspecified atom stereocenters. The standard InChI is InChI=1S/C9H15N3O2S/c1-5(2)7(13)3-11-8(14)6-4-15-9(10)12-6/h4-5,7,13H,3H2,1-2H3,(H2,10,12)(H,11,14). The molecule has 0 fully saturated rings. The van der Waals surface area contributed by atoms with Crippen LogP contribution in [0, 0.1) is 5.92 Å². The highest BCUT2D eigenvalue weighted by Gasteiger charge is 2.13. The second kappa shape index (κ2) is 5.09. The van der Waals surface area contributed by atoms with Crippen molar-refractivity contribution in [1.29, 1.82) is 0 Å². The van der Waals surface area contributed by atoms with Crippen molar-refractivity contribution < 1.29 is 9.90 Å². The van der Waals surface area contributed by atoms with Crippen molar-refractivity contribution in [2.24, 2.45) is 5.92 Å². The largest absolute Gasteiger partial charge is 0.391 e. The highest BCUT2D eigenvalue weighted by molar-refractivity contribution is 7.13. The van der Waals surface area contributed by atoms with Crippen LogP contribution in [-0.4, -0.2) is 28.6 Å². The van der Waals surface area contributed by atoms with E-state index >= 15 is 0 Å². The number of carbonyl (C=O) groups excluding carboxylic acids is 1. The Morgan fingerprint density at radius 3 is 2.87 bits per heavy atom. The molecule has 1 rings (SSSR count). The normalized spacial score (nSPS) is 12.8. The summed E-state index contributed by atoms with van der Waals surface area (Å²) in [5.74, 6) is -0.187. The third-order valence-electron chi connectivity index (χ3n) is 2.00. The minimum atomic E-state index is -0.537. The molecular weight excluding hydrogens is 214 g/mol. The number of hydrogen-bond donors (Lipinski definition) is 3. The predicted molar refractivity (Wildman–Crippen MR) is 59.7 cm³/mol. The van der Waals surface area contributed by atoms with Gasteiger partial charge in [-0.15, -0.1) is 11.3 Å². The van der Waals surface area contributed by atoms with Crippen LogP contribution < -0.4 is 11.1 Å². The summed E-state index contributed by atoms with van der Waals surface area (Å²) >= 11 is 1.22. The van der Waals surface area contributed by atoms with Gasteiger partial charge in [0.1, 0.15) is 5.69 Å². The topological polar surface area (TPSA) is 88.2 Å². The molecule has 0 aromatic carbocycles. The van der Waals surface area contributed by atoms with Crippen molar-refractivity contribution in [3.05, 3.63) is 11.1 Å². The van der Waals surface area contributed by atoms with Gasteiger partial charge < -0.3 is 16.2 Å². The lowest BCUT2D eigenvalue weighted by Crippen LogP contribution is -2.34. The number of aliphatic hydroxyl groups is 1. The number of nitrogen functional groups attached to an aromatic ring is 1. The van der Waals surface area contributed by atoms with Gasteiger partial charge in [-0.1, -0.05) is 13.8 Å². The third kappa shape index (κ3) is 3.49. The van der Waals surface area contributed by atoms with Crippen molar-refractivity contribution in [2.75, 3.05) is 12.3 Å². The van der Waals surface area contributed by atoms with Crippen molar-refractivity contribution in [1.82, 2.24) is 10.3 Å². The van der Waals surface area contributed by atoms with Crippen LogP contribution in [0.2, 0.25) is 0 Å². The molecule has 0 aliphatic rings. The Hall–Kier alpha value is -1.14. The molecule has 1 atom stereocenters. The second-order valence-electron chi connectivity index (χ2n) is 3.59. The monoisotopic (exact) mass is 229 g/mol. The number of aromatic nitrogens is 1. The molecule has 1 aromatic rings. The Kier molecular flexibility index (Phi) is 4.05. The van der Waals surface area contributed by atoms with Crippen LogP contribution in [0.1, 0.15) is 24.3 Å². The minimum absolute atomic E-state index is 0.116. The maximum absolute atomic E-state index is 11.5. The van der Waals surface area contributed by atoms with Crippen LogP contribution in [0.4, 0.5) is 5.13 Å². The molecule has 0 saturated carbocycles. The molecule has 15 heavy (non-hydrogen) atoms. The fourth-order valence-corrected chi connectivity index (χ4v) is 1.46. The second-order valence-corrected chi connectivity index (χ2v) is 4.48. The number of nitrogens with zero attached hydrogens (tertiary/aromatic N) is 1. The van der Waals surface area contributed by atoms with Crippen LogP contribution in [0.5, 0.6) is 0 Å². The molecule has 4 N–H and O–H groups in total. The summed E-state index contributed by atoms with van der Waals surface area (Å²) in [6, 6.07) is 0. The number of thiazole rings is 1. The average molecular weight is 229 g/mol. The lowest BCUT2D eigenvalue weighted by Gasteiger charge is -2.14. The molecule has 1 heterocycles. The third-order valence-corrected chi connectivity index (χ3v) is 2.67. The fraction of sp³-hybridized carbons (Fsp3) is 0.556. The molecule has 0 spiro atoms. The van der Waals surface area contributed by atoms with E-state index in [4.69, 9.17) is 5.73 Å². The SMILES string of the molecule is CC(C)C(O)CNC(=O)c1csc(N)n1. The number of hydrogen-bond acceptors (Lipinski definition) is 5. The first-order valence-corrected chi connectivity index (χ1v) is 5.56. The van der Waals surface area contributed by atoms with Gasteiger partial charge in [0.15, 0.2) is 5.13 Å². The maximum Gasteiger partial charge on any atom is 0.270 e. The zero-order chi connectivity index (χ0) is 11.4. The maximum atomic E-state index is 11.5. The predicted octanol–water partition coefficient (Wildman–Crippen LogP) is 0.472. The Morgan fingerprint density at radius 1 is 1.73 bits per heavy atom. The van der Waals surface area contributed by atoms with Gasteiger partial charge in [0, 0.05) is 11.9 Å². The highest BCUT2D eigenvalue weighted by atomic mass is 32.1. The molecule has 6 heteroatoms. The van der Waals surface area contributed by atoms with E-state index in [0.717, 1.165) is 0 Å². The van der Waals surface area contributed by atoms with Crippen LogP contribution in [0.15, 0.2) is 5.38 Å². The van der Waals surface area contributed by atoms with E-state index in [-0.39, 0.29) is 18.4 Å². The molecule has 0 bridgehead atoms. The number of rotatable bonds is 4. The summed E-state index contributed by atoms with van der Waals surface area (Å²) in [5.41, 5.74) is 5.70. The lowest BCUT2D eigenvalue weighted by atomic mass is 10.1. The average Bonchev–Trinajstić information content (AvgIpc) is 2.60. The summed E-state index contributed by atoms with van der Waals surface area (Å²) in [7, 11) is 0. The van der Waals surface area contributed by atoms with Gasteiger partial charge in [0.25, 0.3) is 5.91 Å². The van der Waals surface area contributed by atoms with Crippen LogP contribution >= 0.6 is 11.3 Å². The van der Waals surface area contributed by atoms with Crippen LogP contribution in [-0.2, 0) is 0 Å². The van der Waals surface area contributed by atoms with Crippen molar-refractivity contribution in [2.45, 2.75) is 20.0 Å². The van der Waals surface area contributed by atoms with Gasteiger partial charge in [-0.2, -0.15) is 0 Å². The molecule has 5 nitrogen and oxygen atoms in total.